The zero-order chi connectivity index (χ0) is 16.2. The second-order valence-corrected chi connectivity index (χ2v) is 6.48. The molecule has 2 nitrogen and oxygen atoms in total. The van der Waals surface area contributed by atoms with Gasteiger partial charge in [0.15, 0.2) is 0 Å². The number of thioether (sulfide) groups is 1. The molecule has 0 bridgehead atoms. The quantitative estimate of drug-likeness (QED) is 0.664. The van der Waals surface area contributed by atoms with Crippen molar-refractivity contribution in [2.75, 3.05) is 12.0 Å². The van der Waals surface area contributed by atoms with E-state index in [1.54, 1.807) is 12.1 Å². The fourth-order valence-electron chi connectivity index (χ4n) is 2.55. The van der Waals surface area contributed by atoms with Gasteiger partial charge < -0.3 is 0 Å². The number of aromatic nitrogens is 2. The molecule has 1 heterocycles. The summed E-state index contributed by atoms with van der Waals surface area (Å²) in [6.45, 7) is 1.97. The second kappa shape index (κ2) is 7.01. The number of nitrogens with zero attached hydrogens (tertiary/aromatic N) is 2. The van der Waals surface area contributed by atoms with Crippen LogP contribution in [0.25, 0.3) is 16.9 Å². The van der Waals surface area contributed by atoms with Crippen molar-refractivity contribution in [3.63, 3.8) is 0 Å². The maximum atomic E-state index is 13.1. The highest BCUT2D eigenvalue weighted by molar-refractivity contribution is 7.98. The number of aryl methyl sites for hydroxylation is 2. The van der Waals surface area contributed by atoms with Crippen molar-refractivity contribution in [1.29, 1.82) is 0 Å². The number of halogens is 1. The van der Waals surface area contributed by atoms with E-state index in [0.717, 1.165) is 34.8 Å². The number of benzene rings is 2. The van der Waals surface area contributed by atoms with Crippen molar-refractivity contribution in [3.8, 4) is 16.9 Å². The molecular formula is C19H19FN2S. The molecule has 0 amide bonds. The number of hydrogen-bond donors (Lipinski definition) is 0. The lowest BCUT2D eigenvalue weighted by molar-refractivity contribution is 0.627. The van der Waals surface area contributed by atoms with Gasteiger partial charge in [-0.2, -0.15) is 16.9 Å². The molecule has 3 aromatic rings. The molecule has 0 N–H and O–H groups in total. The Bertz CT molecular complexity index is 776. The summed E-state index contributed by atoms with van der Waals surface area (Å²) in [6.07, 6.45) is 3.20. The van der Waals surface area contributed by atoms with Crippen LogP contribution in [0, 0.1) is 12.7 Å². The Morgan fingerprint density at radius 2 is 1.74 bits per heavy atom. The minimum absolute atomic E-state index is 0.239. The van der Waals surface area contributed by atoms with Crippen molar-refractivity contribution in [2.45, 2.75) is 13.3 Å². The Morgan fingerprint density at radius 1 is 1.04 bits per heavy atom. The van der Waals surface area contributed by atoms with Gasteiger partial charge in [0.2, 0.25) is 0 Å². The minimum Gasteiger partial charge on any atom is -0.233 e. The van der Waals surface area contributed by atoms with Gasteiger partial charge in [-0.3, -0.25) is 0 Å². The van der Waals surface area contributed by atoms with E-state index in [1.165, 1.54) is 17.7 Å². The Morgan fingerprint density at radius 3 is 2.39 bits per heavy atom. The Balaban J connectivity index is 1.95. The first-order chi connectivity index (χ1) is 11.2. The molecule has 2 aromatic carbocycles. The highest BCUT2D eigenvalue weighted by Gasteiger charge is 2.10. The van der Waals surface area contributed by atoms with E-state index in [1.807, 2.05) is 23.4 Å². The third-order valence-electron chi connectivity index (χ3n) is 3.75. The predicted molar refractivity (Wildman–Crippen MR) is 95.8 cm³/mol. The standard InChI is InChI=1S/C19H19FN2S/c1-14-13-19(16-5-3-15(4-6-16)11-12-23-2)22(21-14)18-9-7-17(20)8-10-18/h3-10,13H,11-12H2,1-2H3. The topological polar surface area (TPSA) is 17.8 Å². The first-order valence-corrected chi connectivity index (χ1v) is 8.97. The van der Waals surface area contributed by atoms with E-state index in [9.17, 15) is 4.39 Å². The Hall–Kier alpha value is -2.07. The van der Waals surface area contributed by atoms with E-state index in [2.05, 4.69) is 41.7 Å². The zero-order valence-electron chi connectivity index (χ0n) is 13.3. The summed E-state index contributed by atoms with van der Waals surface area (Å²) in [4.78, 5) is 0. The summed E-state index contributed by atoms with van der Waals surface area (Å²) in [5, 5.41) is 4.55. The molecule has 0 unspecified atom stereocenters. The molecule has 118 valence electrons. The van der Waals surface area contributed by atoms with Crippen molar-refractivity contribution in [2.24, 2.45) is 0 Å². The summed E-state index contributed by atoms with van der Waals surface area (Å²) >= 11 is 1.86. The third kappa shape index (κ3) is 3.64. The molecule has 0 aliphatic carbocycles. The zero-order valence-corrected chi connectivity index (χ0v) is 14.1. The van der Waals surface area contributed by atoms with Crippen LogP contribution in [0.4, 0.5) is 4.39 Å². The average Bonchev–Trinajstić information content (AvgIpc) is 2.96. The van der Waals surface area contributed by atoms with Crippen LogP contribution >= 0.6 is 11.8 Å². The Labute approximate surface area is 140 Å². The van der Waals surface area contributed by atoms with E-state index >= 15 is 0 Å². The summed E-state index contributed by atoms with van der Waals surface area (Å²) in [5.41, 5.74) is 5.28. The van der Waals surface area contributed by atoms with Crippen molar-refractivity contribution < 1.29 is 4.39 Å². The molecule has 1 aromatic heterocycles. The molecule has 0 fully saturated rings. The molecule has 0 saturated carbocycles. The minimum atomic E-state index is -0.239. The van der Waals surface area contributed by atoms with Crippen LogP contribution in [0.1, 0.15) is 11.3 Å². The highest BCUT2D eigenvalue weighted by atomic mass is 32.2. The van der Waals surface area contributed by atoms with Crippen LogP contribution in [0.5, 0.6) is 0 Å². The molecule has 0 aliphatic rings. The van der Waals surface area contributed by atoms with Crippen LogP contribution in [0.3, 0.4) is 0 Å². The molecule has 3 rings (SSSR count). The van der Waals surface area contributed by atoms with Crippen LogP contribution in [0.15, 0.2) is 54.6 Å². The molecule has 0 aliphatic heterocycles. The van der Waals surface area contributed by atoms with Crippen molar-refractivity contribution in [1.82, 2.24) is 9.78 Å². The van der Waals surface area contributed by atoms with Gasteiger partial charge in [0, 0.05) is 5.56 Å². The average molecular weight is 326 g/mol. The normalized spacial score (nSPS) is 10.9. The first kappa shape index (κ1) is 15.8. The fraction of sp³-hybridized carbons (Fsp3) is 0.211. The van der Waals surface area contributed by atoms with Crippen LogP contribution < -0.4 is 0 Å². The van der Waals surface area contributed by atoms with Gasteiger partial charge in [-0.15, -0.1) is 0 Å². The first-order valence-electron chi connectivity index (χ1n) is 7.58. The van der Waals surface area contributed by atoms with Crippen molar-refractivity contribution >= 4 is 11.8 Å². The largest absolute Gasteiger partial charge is 0.233 e. The van der Waals surface area contributed by atoms with Gasteiger partial charge in [0.05, 0.1) is 17.1 Å². The molecule has 0 atom stereocenters. The second-order valence-electron chi connectivity index (χ2n) is 5.50. The lowest BCUT2D eigenvalue weighted by atomic mass is 10.1. The van der Waals surface area contributed by atoms with Gasteiger partial charge in [0.25, 0.3) is 0 Å². The maximum Gasteiger partial charge on any atom is 0.123 e. The number of rotatable bonds is 5. The smallest absolute Gasteiger partial charge is 0.123 e. The summed E-state index contributed by atoms with van der Waals surface area (Å²) in [7, 11) is 0. The lowest BCUT2D eigenvalue weighted by Crippen LogP contribution is -1.99. The van der Waals surface area contributed by atoms with E-state index in [-0.39, 0.29) is 5.82 Å². The van der Waals surface area contributed by atoms with Gasteiger partial charge in [-0.05, 0) is 61.2 Å². The molecular weight excluding hydrogens is 307 g/mol. The van der Waals surface area contributed by atoms with E-state index in [4.69, 9.17) is 0 Å². The molecule has 0 spiro atoms. The molecule has 0 radical (unpaired) electrons. The SMILES string of the molecule is CSCCc1ccc(-c2cc(C)nn2-c2ccc(F)cc2)cc1. The predicted octanol–water partition coefficient (Wildman–Crippen LogP) is 4.89. The van der Waals surface area contributed by atoms with Crippen LogP contribution in [-0.2, 0) is 6.42 Å². The fourth-order valence-corrected chi connectivity index (χ4v) is 2.99. The molecule has 0 saturated heterocycles. The highest BCUT2D eigenvalue weighted by Crippen LogP contribution is 2.24. The van der Waals surface area contributed by atoms with Crippen molar-refractivity contribution in [3.05, 3.63) is 71.7 Å². The van der Waals surface area contributed by atoms with Gasteiger partial charge in [0.1, 0.15) is 5.82 Å². The van der Waals surface area contributed by atoms with Crippen LogP contribution in [-0.4, -0.2) is 21.8 Å². The van der Waals surface area contributed by atoms with E-state index < -0.39 is 0 Å². The third-order valence-corrected chi connectivity index (χ3v) is 4.36. The Kier molecular flexibility index (Phi) is 4.82. The molecule has 23 heavy (non-hydrogen) atoms. The monoisotopic (exact) mass is 326 g/mol. The summed E-state index contributed by atoms with van der Waals surface area (Å²) < 4.78 is 15.0. The van der Waals surface area contributed by atoms with Gasteiger partial charge in [-0.1, -0.05) is 24.3 Å². The molecule has 4 heteroatoms. The maximum absolute atomic E-state index is 13.1. The number of hydrogen-bond acceptors (Lipinski definition) is 2. The summed E-state index contributed by atoms with van der Waals surface area (Å²) in [5.74, 6) is 0.892. The lowest BCUT2D eigenvalue weighted by Gasteiger charge is -2.08. The summed E-state index contributed by atoms with van der Waals surface area (Å²) in [6, 6.07) is 17.1. The van der Waals surface area contributed by atoms with Gasteiger partial charge in [-0.25, -0.2) is 9.07 Å². The van der Waals surface area contributed by atoms with Gasteiger partial charge >= 0.3 is 0 Å². The van der Waals surface area contributed by atoms with Crippen LogP contribution in [0.2, 0.25) is 0 Å². The van der Waals surface area contributed by atoms with E-state index in [0.29, 0.717) is 0 Å².